The number of piperidine rings is 1. The molecule has 2 amide bonds. The minimum absolute atomic E-state index is 0.225. The number of carbonyl (C=O) groups excluding carboxylic acids is 2. The van der Waals surface area contributed by atoms with Crippen LogP contribution in [-0.4, -0.2) is 42.3 Å². The Morgan fingerprint density at radius 2 is 1.85 bits per heavy atom. The summed E-state index contributed by atoms with van der Waals surface area (Å²) in [5, 5.41) is 2.89. The average molecular weight is 374 g/mol. The molecule has 2 fully saturated rings. The van der Waals surface area contributed by atoms with Crippen molar-refractivity contribution in [2.24, 2.45) is 11.3 Å². The fraction of sp³-hybridized carbons (Fsp3) is 0.619. The molecule has 1 aromatic carbocycles. The van der Waals surface area contributed by atoms with Crippen molar-refractivity contribution in [1.29, 1.82) is 0 Å². The number of hydrogen-bond acceptors (Lipinski definition) is 4. The minimum Gasteiger partial charge on any atom is -0.445 e. The Morgan fingerprint density at radius 1 is 1.19 bits per heavy atom. The highest BCUT2D eigenvalue weighted by Gasteiger charge is 2.55. The quantitative estimate of drug-likeness (QED) is 0.866. The monoisotopic (exact) mass is 374 g/mol. The Bertz CT molecular complexity index is 661. The lowest BCUT2D eigenvalue weighted by atomic mass is 9.91. The summed E-state index contributed by atoms with van der Waals surface area (Å²) in [7, 11) is 0. The van der Waals surface area contributed by atoms with Gasteiger partial charge in [0, 0.05) is 19.6 Å². The summed E-state index contributed by atoms with van der Waals surface area (Å²) < 4.78 is 10.7. The molecule has 148 valence electrons. The summed E-state index contributed by atoms with van der Waals surface area (Å²) in [6.45, 7) is 8.03. The molecule has 1 aromatic rings. The molecule has 1 N–H and O–H groups in total. The van der Waals surface area contributed by atoms with Gasteiger partial charge in [-0.1, -0.05) is 30.3 Å². The van der Waals surface area contributed by atoms with Crippen LogP contribution in [0.25, 0.3) is 0 Å². The van der Waals surface area contributed by atoms with Gasteiger partial charge in [0.25, 0.3) is 0 Å². The largest absolute Gasteiger partial charge is 0.445 e. The second-order valence-corrected chi connectivity index (χ2v) is 8.67. The van der Waals surface area contributed by atoms with E-state index >= 15 is 0 Å². The first-order valence-electron chi connectivity index (χ1n) is 9.70. The van der Waals surface area contributed by atoms with E-state index in [2.05, 4.69) is 5.32 Å². The predicted octanol–water partition coefficient (Wildman–Crippen LogP) is 3.95. The number of rotatable bonds is 4. The van der Waals surface area contributed by atoms with Crippen LogP contribution in [0, 0.1) is 11.3 Å². The first-order valence-corrected chi connectivity index (χ1v) is 9.70. The normalized spacial score (nSPS) is 20.9. The number of amides is 2. The van der Waals surface area contributed by atoms with Gasteiger partial charge in [-0.15, -0.1) is 0 Å². The van der Waals surface area contributed by atoms with Gasteiger partial charge in [-0.05, 0) is 56.9 Å². The number of nitrogens with one attached hydrogen (secondary N) is 1. The lowest BCUT2D eigenvalue weighted by molar-refractivity contribution is 0.0165. The third kappa shape index (κ3) is 5.37. The summed E-state index contributed by atoms with van der Waals surface area (Å²) in [5.41, 5.74) is 0.786. The van der Waals surface area contributed by atoms with Crippen LogP contribution >= 0.6 is 0 Å². The molecule has 1 saturated carbocycles. The molecule has 1 spiro atoms. The molecule has 3 rings (SSSR count). The number of alkyl carbamates (subject to hydrolysis) is 1. The van der Waals surface area contributed by atoms with Crippen molar-refractivity contribution in [3.63, 3.8) is 0 Å². The highest BCUT2D eigenvalue weighted by Crippen LogP contribution is 2.59. The molecule has 1 aliphatic heterocycles. The molecular weight excluding hydrogens is 344 g/mol. The lowest BCUT2D eigenvalue weighted by Crippen LogP contribution is -2.43. The molecule has 0 radical (unpaired) electrons. The van der Waals surface area contributed by atoms with Crippen molar-refractivity contribution in [3.05, 3.63) is 35.9 Å². The Hall–Kier alpha value is -2.24. The SMILES string of the molecule is CC(C)(C)OC(=O)N1CCC2(CC1)CC2CNC(=O)OCc1ccccc1. The predicted molar refractivity (Wildman–Crippen MR) is 102 cm³/mol. The van der Waals surface area contributed by atoms with Crippen molar-refractivity contribution in [3.8, 4) is 0 Å². The van der Waals surface area contributed by atoms with E-state index in [4.69, 9.17) is 9.47 Å². The summed E-state index contributed by atoms with van der Waals surface area (Å²) in [5.74, 6) is 0.475. The van der Waals surface area contributed by atoms with E-state index in [1.807, 2.05) is 51.1 Å². The Morgan fingerprint density at radius 3 is 2.48 bits per heavy atom. The van der Waals surface area contributed by atoms with Crippen LogP contribution in [0.3, 0.4) is 0 Å². The maximum absolute atomic E-state index is 12.2. The van der Waals surface area contributed by atoms with Crippen molar-refractivity contribution < 1.29 is 19.1 Å². The van der Waals surface area contributed by atoms with Gasteiger partial charge in [-0.3, -0.25) is 0 Å². The van der Waals surface area contributed by atoms with Gasteiger partial charge in [0.05, 0.1) is 0 Å². The second kappa shape index (κ2) is 7.79. The van der Waals surface area contributed by atoms with Crippen LogP contribution in [-0.2, 0) is 16.1 Å². The molecule has 2 aliphatic rings. The first-order chi connectivity index (χ1) is 12.8. The molecule has 6 heteroatoms. The molecule has 0 bridgehead atoms. The fourth-order valence-electron chi connectivity index (χ4n) is 3.77. The van der Waals surface area contributed by atoms with Crippen LogP contribution in [0.4, 0.5) is 9.59 Å². The maximum atomic E-state index is 12.2. The fourth-order valence-corrected chi connectivity index (χ4v) is 3.77. The zero-order valence-electron chi connectivity index (χ0n) is 16.5. The molecule has 6 nitrogen and oxygen atoms in total. The van der Waals surface area contributed by atoms with Crippen molar-refractivity contribution in [2.75, 3.05) is 19.6 Å². The highest BCUT2D eigenvalue weighted by atomic mass is 16.6. The molecule has 27 heavy (non-hydrogen) atoms. The Balaban J connectivity index is 1.35. The van der Waals surface area contributed by atoms with Crippen LogP contribution in [0.5, 0.6) is 0 Å². The van der Waals surface area contributed by atoms with E-state index < -0.39 is 5.60 Å². The molecule has 1 heterocycles. The first kappa shape index (κ1) is 19.5. The van der Waals surface area contributed by atoms with Gasteiger partial charge in [0.15, 0.2) is 0 Å². The van der Waals surface area contributed by atoms with E-state index in [0.29, 0.717) is 12.5 Å². The van der Waals surface area contributed by atoms with Crippen molar-refractivity contribution in [1.82, 2.24) is 10.2 Å². The van der Waals surface area contributed by atoms with Crippen LogP contribution in [0.2, 0.25) is 0 Å². The van der Waals surface area contributed by atoms with Gasteiger partial charge >= 0.3 is 12.2 Å². The van der Waals surface area contributed by atoms with Crippen molar-refractivity contribution >= 4 is 12.2 Å². The third-order valence-corrected chi connectivity index (χ3v) is 5.48. The van der Waals surface area contributed by atoms with Crippen molar-refractivity contribution in [2.45, 2.75) is 52.2 Å². The van der Waals surface area contributed by atoms with E-state index in [-0.39, 0.29) is 24.2 Å². The van der Waals surface area contributed by atoms with Crippen LogP contribution < -0.4 is 5.32 Å². The maximum Gasteiger partial charge on any atom is 0.410 e. The van der Waals surface area contributed by atoms with Crippen LogP contribution in [0.1, 0.15) is 45.6 Å². The molecule has 1 saturated heterocycles. The van der Waals surface area contributed by atoms with E-state index in [1.165, 1.54) is 0 Å². The summed E-state index contributed by atoms with van der Waals surface area (Å²) in [6.07, 6.45) is 2.45. The summed E-state index contributed by atoms with van der Waals surface area (Å²) in [6, 6.07) is 9.65. The lowest BCUT2D eigenvalue weighted by Gasteiger charge is -2.34. The number of hydrogen-bond donors (Lipinski definition) is 1. The van der Waals surface area contributed by atoms with Gasteiger partial charge in [-0.2, -0.15) is 0 Å². The second-order valence-electron chi connectivity index (χ2n) is 8.67. The van der Waals surface area contributed by atoms with Gasteiger partial charge in [0.1, 0.15) is 12.2 Å². The minimum atomic E-state index is -0.460. The Labute approximate surface area is 161 Å². The van der Waals surface area contributed by atoms with Gasteiger partial charge in [-0.25, -0.2) is 9.59 Å². The van der Waals surface area contributed by atoms with E-state index in [1.54, 1.807) is 4.90 Å². The molecular formula is C21H30N2O4. The molecule has 1 aliphatic carbocycles. The molecule has 0 aromatic heterocycles. The molecule has 1 unspecified atom stereocenters. The standard InChI is InChI=1S/C21H30N2O4/c1-20(2,3)27-19(25)23-11-9-21(10-12-23)13-17(21)14-22-18(24)26-15-16-7-5-4-6-8-16/h4-8,17H,9-15H2,1-3H3,(H,22,24). The number of ether oxygens (including phenoxy) is 2. The van der Waals surface area contributed by atoms with Gasteiger partial charge in [0.2, 0.25) is 0 Å². The number of nitrogens with zero attached hydrogens (tertiary/aromatic N) is 1. The number of benzene rings is 1. The number of carbonyl (C=O) groups is 2. The zero-order chi connectivity index (χ0) is 19.5. The smallest absolute Gasteiger partial charge is 0.410 e. The average Bonchev–Trinajstić information content (AvgIpc) is 3.30. The topological polar surface area (TPSA) is 67.9 Å². The van der Waals surface area contributed by atoms with E-state index in [0.717, 1.165) is 37.9 Å². The van der Waals surface area contributed by atoms with Crippen LogP contribution in [0.15, 0.2) is 30.3 Å². The zero-order valence-corrected chi connectivity index (χ0v) is 16.5. The van der Waals surface area contributed by atoms with Gasteiger partial charge < -0.3 is 19.7 Å². The molecule has 1 atom stereocenters. The summed E-state index contributed by atoms with van der Waals surface area (Å²) >= 11 is 0. The van der Waals surface area contributed by atoms with E-state index in [9.17, 15) is 9.59 Å². The number of likely N-dealkylation sites (tertiary alicyclic amines) is 1. The Kier molecular flexibility index (Phi) is 5.63. The highest BCUT2D eigenvalue weighted by molar-refractivity contribution is 5.68. The summed E-state index contributed by atoms with van der Waals surface area (Å²) in [4.78, 5) is 25.9. The third-order valence-electron chi connectivity index (χ3n) is 5.48.